The minimum atomic E-state index is -0.243. The van der Waals surface area contributed by atoms with Gasteiger partial charge in [0.2, 0.25) is 0 Å². The Morgan fingerprint density at radius 1 is 0.738 bits per heavy atom. The van der Waals surface area contributed by atoms with Crippen LogP contribution in [-0.2, 0) is 6.54 Å². The molecule has 8 heteroatoms. The number of anilines is 3. The lowest BCUT2D eigenvalue weighted by atomic mass is 10.1. The van der Waals surface area contributed by atoms with E-state index in [9.17, 15) is 14.4 Å². The van der Waals surface area contributed by atoms with Gasteiger partial charge in [-0.25, -0.2) is 4.79 Å². The number of hydrogen-bond acceptors (Lipinski definition) is 4. The molecule has 1 fully saturated rings. The normalized spacial score (nSPS) is 12.9. The highest BCUT2D eigenvalue weighted by Gasteiger charge is 2.26. The maximum atomic E-state index is 13.8. The summed E-state index contributed by atoms with van der Waals surface area (Å²) in [5, 5.41) is 5.90. The van der Waals surface area contributed by atoms with Crippen molar-refractivity contribution in [2.24, 2.45) is 0 Å². The van der Waals surface area contributed by atoms with Gasteiger partial charge in [0.25, 0.3) is 11.8 Å². The largest absolute Gasteiger partial charge is 0.367 e. The molecule has 0 aromatic heterocycles. The minimum Gasteiger partial charge on any atom is -0.367 e. The van der Waals surface area contributed by atoms with Crippen LogP contribution in [-0.4, -0.2) is 60.9 Å². The third-order valence-electron chi connectivity index (χ3n) is 7.34. The van der Waals surface area contributed by atoms with E-state index < -0.39 is 0 Å². The number of aryl methyl sites for hydroxylation is 1. The Bertz CT molecular complexity index is 1530. The summed E-state index contributed by atoms with van der Waals surface area (Å²) < 4.78 is 0. The molecule has 42 heavy (non-hydrogen) atoms. The number of benzene rings is 4. The summed E-state index contributed by atoms with van der Waals surface area (Å²) in [4.78, 5) is 45.2. The molecule has 4 amide bonds. The van der Waals surface area contributed by atoms with Crippen molar-refractivity contribution < 1.29 is 14.4 Å². The molecule has 0 aliphatic carbocycles. The predicted octanol–water partition coefficient (Wildman–Crippen LogP) is 5.87. The van der Waals surface area contributed by atoms with E-state index in [1.807, 2.05) is 91.9 Å². The van der Waals surface area contributed by atoms with Crippen molar-refractivity contribution in [3.8, 4) is 0 Å². The van der Waals surface area contributed by atoms with E-state index in [-0.39, 0.29) is 17.8 Å². The van der Waals surface area contributed by atoms with E-state index >= 15 is 0 Å². The Balaban J connectivity index is 1.33. The summed E-state index contributed by atoms with van der Waals surface area (Å²) in [5.41, 5.74) is 5.27. The highest BCUT2D eigenvalue weighted by molar-refractivity contribution is 6.06. The van der Waals surface area contributed by atoms with Gasteiger partial charge in [0, 0.05) is 62.4 Å². The van der Waals surface area contributed by atoms with Crippen molar-refractivity contribution in [2.45, 2.75) is 13.5 Å². The number of nitrogens with one attached hydrogen (secondary N) is 2. The average Bonchev–Trinajstić information content (AvgIpc) is 3.02. The summed E-state index contributed by atoms with van der Waals surface area (Å²) in [6.45, 7) is 4.62. The highest BCUT2D eigenvalue weighted by Crippen LogP contribution is 2.28. The molecule has 0 radical (unpaired) electrons. The van der Waals surface area contributed by atoms with Gasteiger partial charge >= 0.3 is 6.03 Å². The lowest BCUT2D eigenvalue weighted by Gasteiger charge is -2.37. The van der Waals surface area contributed by atoms with Gasteiger partial charge in [-0.2, -0.15) is 0 Å². The smallest absolute Gasteiger partial charge is 0.321 e. The lowest BCUT2D eigenvalue weighted by Crippen LogP contribution is -2.50. The Hall–Kier alpha value is -5.11. The third kappa shape index (κ3) is 6.96. The Labute approximate surface area is 246 Å². The van der Waals surface area contributed by atoms with E-state index in [1.54, 1.807) is 35.0 Å². The zero-order valence-corrected chi connectivity index (χ0v) is 23.9. The second kappa shape index (κ2) is 13.0. The monoisotopic (exact) mass is 561 g/mol. The van der Waals surface area contributed by atoms with Crippen molar-refractivity contribution in [1.29, 1.82) is 0 Å². The van der Waals surface area contributed by atoms with E-state index in [0.29, 0.717) is 49.5 Å². The van der Waals surface area contributed by atoms with Crippen molar-refractivity contribution in [3.05, 3.63) is 125 Å². The highest BCUT2D eigenvalue weighted by atomic mass is 16.2. The van der Waals surface area contributed by atoms with Crippen LogP contribution in [0, 0.1) is 6.92 Å². The summed E-state index contributed by atoms with van der Waals surface area (Å²) in [6.07, 6.45) is 0. The summed E-state index contributed by atoms with van der Waals surface area (Å²) >= 11 is 0. The Morgan fingerprint density at radius 3 is 2.02 bits per heavy atom. The molecule has 1 saturated heterocycles. The first-order valence-corrected chi connectivity index (χ1v) is 14.0. The van der Waals surface area contributed by atoms with Crippen LogP contribution < -0.4 is 15.5 Å². The molecule has 4 aromatic carbocycles. The molecule has 4 aromatic rings. The number of carbonyl (C=O) groups excluding carboxylic acids is 3. The first-order chi connectivity index (χ1) is 20.4. The number of urea groups is 1. The van der Waals surface area contributed by atoms with Gasteiger partial charge in [-0.1, -0.05) is 66.2 Å². The van der Waals surface area contributed by atoms with Crippen LogP contribution in [0.2, 0.25) is 0 Å². The summed E-state index contributed by atoms with van der Waals surface area (Å²) in [7, 11) is 1.78. The molecule has 0 bridgehead atoms. The summed E-state index contributed by atoms with van der Waals surface area (Å²) in [6, 6.07) is 31.8. The van der Waals surface area contributed by atoms with Crippen LogP contribution in [0.3, 0.4) is 0 Å². The van der Waals surface area contributed by atoms with Crippen molar-refractivity contribution in [3.63, 3.8) is 0 Å². The number of piperazine rings is 1. The molecule has 0 spiro atoms. The molecule has 0 saturated carbocycles. The fraction of sp³-hybridized carbons (Fsp3) is 0.206. The maximum Gasteiger partial charge on any atom is 0.321 e. The molecule has 0 atom stereocenters. The van der Waals surface area contributed by atoms with Gasteiger partial charge in [0.15, 0.2) is 0 Å². The SMILES string of the molecule is Cc1ccc(NC(=O)N2CCN(c3ccc(NC(=O)c4ccccc4)cc3C(=O)N(C)Cc3ccccc3)CC2)cc1. The molecule has 5 rings (SSSR count). The number of hydrogen-bond donors (Lipinski definition) is 2. The van der Waals surface area contributed by atoms with E-state index in [4.69, 9.17) is 0 Å². The van der Waals surface area contributed by atoms with Gasteiger partial charge in [-0.15, -0.1) is 0 Å². The van der Waals surface area contributed by atoms with Crippen LogP contribution >= 0.6 is 0 Å². The van der Waals surface area contributed by atoms with Gasteiger partial charge < -0.3 is 25.3 Å². The number of amides is 4. The first kappa shape index (κ1) is 28.4. The van der Waals surface area contributed by atoms with Gasteiger partial charge in [0.05, 0.1) is 5.56 Å². The molecular formula is C34H35N5O3. The van der Waals surface area contributed by atoms with Crippen molar-refractivity contribution in [2.75, 3.05) is 48.8 Å². The lowest BCUT2D eigenvalue weighted by molar-refractivity contribution is 0.0785. The topological polar surface area (TPSA) is 85.0 Å². The average molecular weight is 562 g/mol. The van der Waals surface area contributed by atoms with Crippen LogP contribution in [0.1, 0.15) is 31.8 Å². The van der Waals surface area contributed by atoms with Gasteiger partial charge in [-0.05, 0) is 55.0 Å². The number of carbonyl (C=O) groups is 3. The first-order valence-electron chi connectivity index (χ1n) is 14.0. The molecular weight excluding hydrogens is 526 g/mol. The predicted molar refractivity (Wildman–Crippen MR) is 167 cm³/mol. The molecule has 1 heterocycles. The molecule has 1 aliphatic rings. The van der Waals surface area contributed by atoms with Gasteiger partial charge in [-0.3, -0.25) is 9.59 Å². The zero-order valence-electron chi connectivity index (χ0n) is 23.9. The van der Waals surface area contributed by atoms with E-state index in [1.165, 1.54) is 0 Å². The number of rotatable bonds is 7. The molecule has 8 nitrogen and oxygen atoms in total. The number of nitrogens with zero attached hydrogens (tertiary/aromatic N) is 3. The Kier molecular flexibility index (Phi) is 8.82. The standard InChI is InChI=1S/C34H35N5O3/c1-25-13-15-28(16-14-25)36-34(42)39-21-19-38(20-22-39)31-18-17-29(35-32(40)27-11-7-4-8-12-27)23-30(31)33(41)37(2)24-26-9-5-3-6-10-26/h3-18,23H,19-22,24H2,1-2H3,(H,35,40)(H,36,42). The van der Waals surface area contributed by atoms with E-state index in [2.05, 4.69) is 15.5 Å². The second-order valence-electron chi connectivity index (χ2n) is 10.5. The van der Waals surface area contributed by atoms with Crippen LogP contribution in [0.15, 0.2) is 103 Å². The fourth-order valence-electron chi connectivity index (χ4n) is 4.98. The maximum absolute atomic E-state index is 13.8. The summed E-state index contributed by atoms with van der Waals surface area (Å²) in [5.74, 6) is -0.392. The molecule has 214 valence electrons. The van der Waals surface area contributed by atoms with Gasteiger partial charge in [0.1, 0.15) is 0 Å². The van der Waals surface area contributed by atoms with Crippen molar-refractivity contribution >= 4 is 34.9 Å². The van der Waals surface area contributed by atoms with Crippen LogP contribution in [0.25, 0.3) is 0 Å². The molecule has 1 aliphatic heterocycles. The molecule has 0 unspecified atom stereocenters. The van der Waals surface area contributed by atoms with E-state index in [0.717, 1.165) is 22.5 Å². The second-order valence-corrected chi connectivity index (χ2v) is 10.5. The quantitative estimate of drug-likeness (QED) is 0.295. The Morgan fingerprint density at radius 2 is 1.36 bits per heavy atom. The van der Waals surface area contributed by atoms with Crippen LogP contribution in [0.4, 0.5) is 21.9 Å². The molecule has 2 N–H and O–H groups in total. The minimum absolute atomic E-state index is 0.142. The van der Waals surface area contributed by atoms with Crippen LogP contribution in [0.5, 0.6) is 0 Å². The fourth-order valence-corrected chi connectivity index (χ4v) is 4.98. The zero-order chi connectivity index (χ0) is 29.5. The van der Waals surface area contributed by atoms with Crippen molar-refractivity contribution in [1.82, 2.24) is 9.80 Å². The third-order valence-corrected chi connectivity index (χ3v) is 7.34.